The lowest BCUT2D eigenvalue weighted by Gasteiger charge is -2.01. The summed E-state index contributed by atoms with van der Waals surface area (Å²) in [5, 5.41) is 21.3. The molecule has 0 aromatic carbocycles. The maximum absolute atomic E-state index is 9.25. The highest BCUT2D eigenvalue weighted by molar-refractivity contribution is 14.1. The third-order valence-electron chi connectivity index (χ3n) is 1.24. The molecule has 0 saturated heterocycles. The Morgan fingerprint density at radius 2 is 2.45 bits per heavy atom. The van der Waals surface area contributed by atoms with Gasteiger partial charge in [-0.05, 0) is 0 Å². The average molecular weight is 269 g/mol. The second-order valence-electron chi connectivity index (χ2n) is 2.08. The molecule has 0 fully saturated rings. The minimum absolute atomic E-state index is 0.0510. The number of aromatic nitrogens is 1. The fourth-order valence-corrected chi connectivity index (χ4v) is 1.11. The highest BCUT2D eigenvalue weighted by Crippen LogP contribution is 2.16. The molecule has 1 atom stereocenters. The molecule has 1 heterocycles. The molecular weight excluding hydrogens is 261 g/mol. The summed E-state index contributed by atoms with van der Waals surface area (Å²) in [6.07, 6.45) is -0.421. The molecule has 0 aliphatic rings. The van der Waals surface area contributed by atoms with Crippen LogP contribution in [0.5, 0.6) is 0 Å². The zero-order valence-electron chi connectivity index (χ0n) is 5.70. The molecule has 0 aliphatic heterocycles. The van der Waals surface area contributed by atoms with Crippen LogP contribution in [0.25, 0.3) is 0 Å². The summed E-state index contributed by atoms with van der Waals surface area (Å²) in [6, 6.07) is 1.64. The highest BCUT2D eigenvalue weighted by atomic mass is 127. The predicted octanol–water partition coefficient (Wildman–Crippen LogP) is 0.695. The van der Waals surface area contributed by atoms with Crippen LogP contribution in [-0.4, -0.2) is 22.0 Å². The molecule has 0 amide bonds. The van der Waals surface area contributed by atoms with Crippen LogP contribution in [0.3, 0.4) is 0 Å². The SMILES string of the molecule is OCC[C@H](O)c1cc(I)on1. The topological polar surface area (TPSA) is 66.5 Å². The van der Waals surface area contributed by atoms with Gasteiger partial charge in [0.1, 0.15) is 11.8 Å². The number of aliphatic hydroxyl groups excluding tert-OH is 2. The van der Waals surface area contributed by atoms with Crippen LogP contribution in [0.15, 0.2) is 10.6 Å². The van der Waals surface area contributed by atoms with Crippen LogP contribution < -0.4 is 0 Å². The number of rotatable bonds is 3. The van der Waals surface area contributed by atoms with Gasteiger partial charge < -0.3 is 14.7 Å². The molecule has 4 nitrogen and oxygen atoms in total. The van der Waals surface area contributed by atoms with Crippen molar-refractivity contribution in [3.05, 3.63) is 15.5 Å². The molecule has 5 heteroatoms. The van der Waals surface area contributed by atoms with E-state index in [0.717, 1.165) is 0 Å². The van der Waals surface area contributed by atoms with E-state index in [1.807, 2.05) is 22.6 Å². The van der Waals surface area contributed by atoms with Crippen LogP contribution >= 0.6 is 22.6 Å². The molecule has 0 saturated carbocycles. The fraction of sp³-hybridized carbons (Fsp3) is 0.500. The van der Waals surface area contributed by atoms with Crippen molar-refractivity contribution in [3.63, 3.8) is 0 Å². The van der Waals surface area contributed by atoms with Gasteiger partial charge in [-0.25, -0.2) is 0 Å². The van der Waals surface area contributed by atoms with Gasteiger partial charge in [-0.1, -0.05) is 5.16 Å². The Kier molecular flexibility index (Phi) is 3.28. The molecule has 2 N–H and O–H groups in total. The maximum atomic E-state index is 9.25. The van der Waals surface area contributed by atoms with Gasteiger partial charge in [0.2, 0.25) is 0 Å². The molecule has 0 spiro atoms. The van der Waals surface area contributed by atoms with E-state index in [-0.39, 0.29) is 6.61 Å². The van der Waals surface area contributed by atoms with E-state index in [2.05, 4.69) is 5.16 Å². The minimum Gasteiger partial charge on any atom is -0.396 e. The lowest BCUT2D eigenvalue weighted by Crippen LogP contribution is -1.99. The van der Waals surface area contributed by atoms with Crippen molar-refractivity contribution < 1.29 is 14.7 Å². The van der Waals surface area contributed by atoms with Crippen LogP contribution in [0.1, 0.15) is 18.2 Å². The Morgan fingerprint density at radius 3 is 2.91 bits per heavy atom. The second-order valence-corrected chi connectivity index (χ2v) is 3.15. The highest BCUT2D eigenvalue weighted by Gasteiger charge is 2.11. The Hall–Kier alpha value is -0.140. The number of hydrogen-bond acceptors (Lipinski definition) is 4. The molecule has 0 radical (unpaired) electrons. The quantitative estimate of drug-likeness (QED) is 0.792. The van der Waals surface area contributed by atoms with E-state index in [1.54, 1.807) is 6.07 Å². The van der Waals surface area contributed by atoms with E-state index >= 15 is 0 Å². The Morgan fingerprint density at radius 1 is 1.73 bits per heavy atom. The molecule has 0 bridgehead atoms. The van der Waals surface area contributed by atoms with Gasteiger partial charge in [-0.15, -0.1) is 0 Å². The number of halogens is 1. The van der Waals surface area contributed by atoms with Crippen molar-refractivity contribution in [1.82, 2.24) is 5.16 Å². The fourth-order valence-electron chi connectivity index (χ4n) is 0.692. The average Bonchev–Trinajstić information content (AvgIpc) is 2.36. The lowest BCUT2D eigenvalue weighted by atomic mass is 10.2. The van der Waals surface area contributed by atoms with Crippen molar-refractivity contribution in [1.29, 1.82) is 0 Å². The summed E-state index contributed by atoms with van der Waals surface area (Å²) < 4.78 is 5.36. The molecular formula is C6H8INO3. The largest absolute Gasteiger partial charge is 0.396 e. The summed E-state index contributed by atoms with van der Waals surface area (Å²) >= 11 is 1.96. The Balaban J connectivity index is 2.60. The summed E-state index contributed by atoms with van der Waals surface area (Å²) in [5.41, 5.74) is 0.475. The molecule has 1 aromatic heterocycles. The Labute approximate surface area is 77.3 Å². The second kappa shape index (κ2) is 4.03. The number of hydrogen-bond donors (Lipinski definition) is 2. The van der Waals surface area contributed by atoms with Crippen molar-refractivity contribution in [2.75, 3.05) is 6.61 Å². The van der Waals surface area contributed by atoms with E-state index in [0.29, 0.717) is 15.9 Å². The minimum atomic E-state index is -0.715. The van der Waals surface area contributed by atoms with Crippen LogP contribution in [-0.2, 0) is 0 Å². The van der Waals surface area contributed by atoms with Gasteiger partial charge in [-0.3, -0.25) is 0 Å². The zero-order valence-corrected chi connectivity index (χ0v) is 7.85. The summed E-state index contributed by atoms with van der Waals surface area (Å²) in [7, 11) is 0. The molecule has 1 rings (SSSR count). The smallest absolute Gasteiger partial charge is 0.196 e. The monoisotopic (exact) mass is 269 g/mol. The Bertz CT molecular complexity index is 225. The number of nitrogens with zero attached hydrogens (tertiary/aromatic N) is 1. The van der Waals surface area contributed by atoms with Crippen molar-refractivity contribution in [3.8, 4) is 0 Å². The van der Waals surface area contributed by atoms with Crippen LogP contribution in [0, 0.1) is 3.77 Å². The van der Waals surface area contributed by atoms with Crippen molar-refractivity contribution in [2.45, 2.75) is 12.5 Å². The molecule has 1 aromatic rings. The summed E-state index contributed by atoms with van der Waals surface area (Å²) in [5.74, 6) is 0. The summed E-state index contributed by atoms with van der Waals surface area (Å²) in [4.78, 5) is 0. The first-order valence-electron chi connectivity index (χ1n) is 3.15. The van der Waals surface area contributed by atoms with Gasteiger partial charge in [0.15, 0.2) is 3.77 Å². The lowest BCUT2D eigenvalue weighted by molar-refractivity contribution is 0.127. The maximum Gasteiger partial charge on any atom is 0.196 e. The van der Waals surface area contributed by atoms with Crippen molar-refractivity contribution >= 4 is 22.6 Å². The predicted molar refractivity (Wildman–Crippen MR) is 45.9 cm³/mol. The van der Waals surface area contributed by atoms with Crippen LogP contribution in [0.4, 0.5) is 0 Å². The zero-order chi connectivity index (χ0) is 8.27. The normalized spacial score (nSPS) is 13.4. The first-order valence-corrected chi connectivity index (χ1v) is 4.23. The van der Waals surface area contributed by atoms with E-state index in [4.69, 9.17) is 9.63 Å². The third-order valence-corrected chi connectivity index (χ3v) is 1.75. The standard InChI is InChI=1S/C6H8INO3/c7-6-3-4(8-11-6)5(10)1-2-9/h3,5,9-10H,1-2H2/t5-/m0/s1. The van der Waals surface area contributed by atoms with E-state index in [1.165, 1.54) is 0 Å². The van der Waals surface area contributed by atoms with E-state index < -0.39 is 6.10 Å². The van der Waals surface area contributed by atoms with Gasteiger partial charge in [0.25, 0.3) is 0 Å². The van der Waals surface area contributed by atoms with Gasteiger partial charge in [0.05, 0.1) is 0 Å². The molecule has 0 aliphatic carbocycles. The third kappa shape index (κ3) is 2.42. The number of aliphatic hydroxyl groups is 2. The first kappa shape index (κ1) is 8.95. The summed E-state index contributed by atoms with van der Waals surface area (Å²) in [6.45, 7) is -0.0510. The first-order chi connectivity index (χ1) is 5.24. The van der Waals surface area contributed by atoms with Gasteiger partial charge >= 0.3 is 0 Å². The van der Waals surface area contributed by atoms with E-state index in [9.17, 15) is 5.11 Å². The van der Waals surface area contributed by atoms with Crippen LogP contribution in [0.2, 0.25) is 0 Å². The molecule has 11 heavy (non-hydrogen) atoms. The van der Waals surface area contributed by atoms with Gasteiger partial charge in [-0.2, -0.15) is 0 Å². The van der Waals surface area contributed by atoms with Crippen molar-refractivity contribution in [2.24, 2.45) is 0 Å². The van der Waals surface area contributed by atoms with Gasteiger partial charge in [0, 0.05) is 41.7 Å². The molecule has 0 unspecified atom stereocenters. The molecule has 62 valence electrons.